The van der Waals surface area contributed by atoms with E-state index in [0.717, 1.165) is 4.90 Å². The number of likely N-dealkylation sites (N-methyl/N-ethyl adjacent to an activating group) is 1. The van der Waals surface area contributed by atoms with E-state index in [2.05, 4.69) is 4.90 Å². The summed E-state index contributed by atoms with van der Waals surface area (Å²) < 4.78 is 27.8. The minimum Gasteiger partial charge on any atom is -0.304 e. The van der Waals surface area contributed by atoms with Crippen molar-refractivity contribution in [1.82, 2.24) is 9.21 Å². The van der Waals surface area contributed by atoms with Gasteiger partial charge in [0, 0.05) is 26.2 Å². The van der Waals surface area contributed by atoms with Gasteiger partial charge >= 0.3 is 0 Å². The van der Waals surface area contributed by atoms with E-state index in [9.17, 15) is 18.0 Å². The maximum Gasteiger partial charge on any atom is 0.266 e. The summed E-state index contributed by atoms with van der Waals surface area (Å²) in [5, 5.41) is 0. The second-order valence-electron chi connectivity index (χ2n) is 6.67. The van der Waals surface area contributed by atoms with Crippen LogP contribution in [0.4, 0.5) is 5.69 Å². The van der Waals surface area contributed by atoms with Gasteiger partial charge in [-0.2, -0.15) is 4.31 Å². The number of nitrogens with zero attached hydrogens (tertiary/aromatic N) is 3. The number of hydrogen-bond donors (Lipinski definition) is 0. The minimum absolute atomic E-state index is 0.0240. The number of benzene rings is 2. The van der Waals surface area contributed by atoms with E-state index in [1.807, 2.05) is 7.05 Å². The van der Waals surface area contributed by atoms with Crippen LogP contribution in [0.2, 0.25) is 0 Å². The first-order valence-corrected chi connectivity index (χ1v) is 10.1. The summed E-state index contributed by atoms with van der Waals surface area (Å²) in [4.78, 5) is 28.6. The Morgan fingerprint density at radius 1 is 0.778 bits per heavy atom. The number of amides is 2. The average molecular weight is 385 g/mol. The molecule has 0 aliphatic carbocycles. The molecule has 0 radical (unpaired) electrons. The van der Waals surface area contributed by atoms with Gasteiger partial charge < -0.3 is 4.90 Å². The van der Waals surface area contributed by atoms with E-state index in [0.29, 0.717) is 26.2 Å². The fourth-order valence-corrected chi connectivity index (χ4v) is 5.03. The quantitative estimate of drug-likeness (QED) is 0.747. The fourth-order valence-electron chi connectivity index (χ4n) is 3.44. The molecule has 0 spiro atoms. The molecule has 0 aromatic heterocycles. The molecule has 2 aromatic carbocycles. The SMILES string of the molecule is CN1CCN(S(=O)(=O)c2ccccc2N2C(=O)c3ccccc3C2=O)CC1. The van der Waals surface area contributed by atoms with Crippen LogP contribution in [-0.2, 0) is 10.0 Å². The number of piperazine rings is 1. The third-order valence-corrected chi connectivity index (χ3v) is 6.93. The lowest BCUT2D eigenvalue weighted by molar-refractivity contribution is 0.0925. The summed E-state index contributed by atoms with van der Waals surface area (Å²) in [6.07, 6.45) is 0. The van der Waals surface area contributed by atoms with Gasteiger partial charge in [-0.3, -0.25) is 9.59 Å². The maximum atomic E-state index is 13.2. The maximum absolute atomic E-state index is 13.2. The lowest BCUT2D eigenvalue weighted by Gasteiger charge is -2.32. The van der Waals surface area contributed by atoms with Gasteiger partial charge in [0.05, 0.1) is 16.8 Å². The van der Waals surface area contributed by atoms with Crippen molar-refractivity contribution in [3.05, 3.63) is 59.7 Å². The van der Waals surface area contributed by atoms with Crippen LogP contribution in [-0.4, -0.2) is 62.7 Å². The molecule has 2 aliphatic rings. The van der Waals surface area contributed by atoms with Crippen LogP contribution in [0.1, 0.15) is 20.7 Å². The number of hydrogen-bond acceptors (Lipinski definition) is 5. The second kappa shape index (κ2) is 6.56. The molecule has 2 aliphatic heterocycles. The highest BCUT2D eigenvalue weighted by Crippen LogP contribution is 2.34. The number of imide groups is 1. The first kappa shape index (κ1) is 17.8. The molecule has 0 N–H and O–H groups in total. The smallest absolute Gasteiger partial charge is 0.266 e. The molecule has 1 fully saturated rings. The highest BCUT2D eigenvalue weighted by atomic mass is 32.2. The summed E-state index contributed by atoms with van der Waals surface area (Å²) in [5.74, 6) is -1.01. The van der Waals surface area contributed by atoms with Gasteiger partial charge in [-0.15, -0.1) is 0 Å². The van der Waals surface area contributed by atoms with Crippen molar-refractivity contribution in [2.75, 3.05) is 38.1 Å². The Balaban J connectivity index is 1.77. The van der Waals surface area contributed by atoms with E-state index < -0.39 is 21.8 Å². The van der Waals surface area contributed by atoms with E-state index >= 15 is 0 Å². The first-order chi connectivity index (χ1) is 12.9. The Labute approximate surface area is 157 Å². The largest absolute Gasteiger partial charge is 0.304 e. The third kappa shape index (κ3) is 2.86. The molecule has 2 amide bonds. The zero-order chi connectivity index (χ0) is 19.2. The molecule has 0 atom stereocenters. The molecule has 1 saturated heterocycles. The molecular formula is C19H19N3O4S. The Kier molecular flexibility index (Phi) is 4.33. The third-order valence-electron chi connectivity index (χ3n) is 4.98. The molecule has 0 bridgehead atoms. The molecule has 0 unspecified atom stereocenters. The zero-order valence-electron chi connectivity index (χ0n) is 14.8. The average Bonchev–Trinajstić information content (AvgIpc) is 2.93. The van der Waals surface area contributed by atoms with Crippen LogP contribution >= 0.6 is 0 Å². The van der Waals surface area contributed by atoms with Crippen molar-refractivity contribution in [3.63, 3.8) is 0 Å². The molecule has 140 valence electrons. The van der Waals surface area contributed by atoms with Gasteiger partial charge in [-0.05, 0) is 31.3 Å². The number of carbonyl (C=O) groups is 2. The van der Waals surface area contributed by atoms with Crippen molar-refractivity contribution in [1.29, 1.82) is 0 Å². The highest BCUT2D eigenvalue weighted by Gasteiger charge is 2.40. The standard InChI is InChI=1S/C19H19N3O4S/c1-20-10-12-21(13-11-20)27(25,26)17-9-5-4-8-16(17)22-18(23)14-6-2-3-7-15(14)19(22)24/h2-9H,10-13H2,1H3. The number of carbonyl (C=O) groups excluding carboxylic acids is 2. The van der Waals surface area contributed by atoms with Gasteiger partial charge in [0.25, 0.3) is 11.8 Å². The number of sulfonamides is 1. The number of para-hydroxylation sites is 1. The van der Waals surface area contributed by atoms with Crippen molar-refractivity contribution < 1.29 is 18.0 Å². The highest BCUT2D eigenvalue weighted by molar-refractivity contribution is 7.89. The van der Waals surface area contributed by atoms with E-state index in [1.165, 1.54) is 16.4 Å². The van der Waals surface area contributed by atoms with Gasteiger partial charge in [-0.1, -0.05) is 24.3 Å². The lowest BCUT2D eigenvalue weighted by atomic mass is 10.1. The Morgan fingerprint density at radius 2 is 1.30 bits per heavy atom. The molecular weight excluding hydrogens is 366 g/mol. The predicted octanol–water partition coefficient (Wildman–Crippen LogP) is 1.42. The van der Waals surface area contributed by atoms with Gasteiger partial charge in [0.2, 0.25) is 10.0 Å². The molecule has 2 heterocycles. The van der Waals surface area contributed by atoms with Crippen LogP contribution in [0.25, 0.3) is 0 Å². The molecule has 4 rings (SSSR count). The van der Waals surface area contributed by atoms with Crippen LogP contribution in [0.5, 0.6) is 0 Å². The Bertz CT molecular complexity index is 992. The zero-order valence-corrected chi connectivity index (χ0v) is 15.6. The van der Waals surface area contributed by atoms with Crippen LogP contribution in [0.15, 0.2) is 53.4 Å². The molecule has 7 nitrogen and oxygen atoms in total. The Hall–Kier alpha value is -2.55. The summed E-state index contributed by atoms with van der Waals surface area (Å²) in [6, 6.07) is 12.7. The van der Waals surface area contributed by atoms with Crippen LogP contribution in [0, 0.1) is 0 Å². The number of rotatable bonds is 3. The van der Waals surface area contributed by atoms with Crippen LogP contribution in [0.3, 0.4) is 0 Å². The molecule has 27 heavy (non-hydrogen) atoms. The minimum atomic E-state index is -3.83. The Morgan fingerprint density at radius 3 is 1.89 bits per heavy atom. The summed E-state index contributed by atoms with van der Waals surface area (Å²) >= 11 is 0. The van der Waals surface area contributed by atoms with Crippen molar-refractivity contribution >= 4 is 27.5 Å². The normalized spacial score (nSPS) is 18.8. The van der Waals surface area contributed by atoms with Crippen molar-refractivity contribution in [3.8, 4) is 0 Å². The first-order valence-electron chi connectivity index (χ1n) is 8.67. The molecule has 8 heteroatoms. The van der Waals surface area contributed by atoms with Crippen molar-refractivity contribution in [2.24, 2.45) is 0 Å². The summed E-state index contributed by atoms with van der Waals surface area (Å²) in [7, 11) is -1.89. The molecule has 2 aromatic rings. The fraction of sp³-hybridized carbons (Fsp3) is 0.263. The van der Waals surface area contributed by atoms with E-state index in [-0.39, 0.29) is 21.7 Å². The van der Waals surface area contributed by atoms with Gasteiger partial charge in [-0.25, -0.2) is 13.3 Å². The lowest BCUT2D eigenvalue weighted by Crippen LogP contribution is -2.47. The van der Waals surface area contributed by atoms with Gasteiger partial charge in [0.15, 0.2) is 0 Å². The monoisotopic (exact) mass is 385 g/mol. The predicted molar refractivity (Wildman–Crippen MR) is 100 cm³/mol. The number of fused-ring (bicyclic) bond motifs is 1. The van der Waals surface area contributed by atoms with Crippen LogP contribution < -0.4 is 4.90 Å². The topological polar surface area (TPSA) is 78.0 Å². The van der Waals surface area contributed by atoms with E-state index in [4.69, 9.17) is 0 Å². The van der Waals surface area contributed by atoms with Crippen molar-refractivity contribution in [2.45, 2.75) is 4.90 Å². The molecule has 0 saturated carbocycles. The second-order valence-corrected chi connectivity index (χ2v) is 8.57. The van der Waals surface area contributed by atoms with Gasteiger partial charge in [0.1, 0.15) is 4.90 Å². The van der Waals surface area contributed by atoms with E-state index in [1.54, 1.807) is 36.4 Å². The number of anilines is 1. The summed E-state index contributed by atoms with van der Waals surface area (Å²) in [5.41, 5.74) is 0.672. The summed E-state index contributed by atoms with van der Waals surface area (Å²) in [6.45, 7) is 2.01.